The molecule has 6 heteroatoms. The van der Waals surface area contributed by atoms with Crippen LogP contribution in [0, 0.1) is 17.2 Å². The summed E-state index contributed by atoms with van der Waals surface area (Å²) in [7, 11) is 18.8. The van der Waals surface area contributed by atoms with Crippen LogP contribution >= 0.6 is 0 Å². The van der Waals surface area contributed by atoms with Gasteiger partial charge in [-0.15, -0.1) is 0 Å². The molecule has 2 aromatic heterocycles. The number of benzene rings is 2. The Morgan fingerprint density at radius 2 is 1.86 bits per heavy atom. The van der Waals surface area contributed by atoms with Gasteiger partial charge in [-0.1, -0.05) is 54.8 Å². The first-order valence-electron chi connectivity index (χ1n) is 9.03. The predicted octanol–water partition coefficient (Wildman–Crippen LogP) is 3.46. The van der Waals surface area contributed by atoms with Gasteiger partial charge in [0.05, 0.1) is 26.9 Å². The summed E-state index contributed by atoms with van der Waals surface area (Å²) in [6.07, 6.45) is 0. The molecule has 3 nitrogen and oxygen atoms in total. The van der Waals surface area contributed by atoms with Crippen molar-refractivity contribution >= 4 is 51.1 Å². The van der Waals surface area contributed by atoms with Gasteiger partial charge in [0.25, 0.3) is 0 Å². The van der Waals surface area contributed by atoms with Gasteiger partial charge >= 0.3 is 0 Å². The molecule has 0 aliphatic rings. The van der Waals surface area contributed by atoms with Gasteiger partial charge in [0, 0.05) is 16.3 Å². The maximum Gasteiger partial charge on any atom is 0.153 e. The predicted molar refractivity (Wildman–Crippen MR) is 115 cm³/mol. The Bertz CT molecular complexity index is 1250. The Morgan fingerprint density at radius 3 is 2.57 bits per heavy atom. The first kappa shape index (κ1) is 18.4. The lowest BCUT2D eigenvalue weighted by atomic mass is 9.46. The van der Waals surface area contributed by atoms with Crippen LogP contribution in [-0.4, -0.2) is 28.5 Å². The molecule has 6 radical (unpaired) electrons. The Balaban J connectivity index is 2.03. The number of pyridine rings is 1. The van der Waals surface area contributed by atoms with Crippen molar-refractivity contribution in [2.45, 2.75) is 19.1 Å². The zero-order valence-electron chi connectivity index (χ0n) is 15.7. The van der Waals surface area contributed by atoms with Crippen LogP contribution in [-0.2, 0) is 5.21 Å². The molecule has 0 atom stereocenters. The van der Waals surface area contributed by atoms with Gasteiger partial charge in [0.2, 0.25) is 0 Å². The van der Waals surface area contributed by atoms with Crippen LogP contribution in [0.5, 0.6) is 0 Å². The van der Waals surface area contributed by atoms with Crippen molar-refractivity contribution in [3.05, 3.63) is 59.7 Å². The summed E-state index contributed by atoms with van der Waals surface area (Å²) in [6.45, 7) is 3.92. The lowest BCUT2D eigenvalue weighted by molar-refractivity contribution is 0.570. The molecule has 0 N–H and O–H groups in total. The summed E-state index contributed by atoms with van der Waals surface area (Å²) in [5.41, 5.74) is 4.29. The van der Waals surface area contributed by atoms with Crippen molar-refractivity contribution in [3.63, 3.8) is 0 Å². The van der Waals surface area contributed by atoms with E-state index in [1.165, 1.54) is 0 Å². The van der Waals surface area contributed by atoms with Gasteiger partial charge in [0.15, 0.2) is 5.58 Å². The number of hydrogen-bond acceptors (Lipinski definition) is 3. The highest BCUT2D eigenvalue weighted by Gasteiger charge is 2.25. The lowest BCUT2D eigenvalue weighted by Crippen LogP contribution is -2.34. The molecule has 2 heterocycles. The highest BCUT2D eigenvalue weighted by Crippen LogP contribution is 2.37. The number of para-hydroxylation sites is 1. The van der Waals surface area contributed by atoms with Crippen molar-refractivity contribution in [1.82, 2.24) is 4.98 Å². The Morgan fingerprint density at radius 1 is 1.11 bits per heavy atom. The fourth-order valence-corrected chi connectivity index (χ4v) is 3.42. The third kappa shape index (κ3) is 2.83. The third-order valence-electron chi connectivity index (χ3n) is 5.22. The number of nitrogens with zero attached hydrogens (tertiary/aromatic N) is 2. The van der Waals surface area contributed by atoms with E-state index in [1.807, 2.05) is 50.2 Å². The second kappa shape index (κ2) is 6.60. The molecule has 0 bridgehead atoms. The normalized spacial score (nSPS) is 11.9. The minimum Gasteiger partial charge on any atom is -0.455 e. The fourth-order valence-electron chi connectivity index (χ4n) is 3.42. The second-order valence-electron chi connectivity index (χ2n) is 7.33. The molecule has 0 aliphatic heterocycles. The van der Waals surface area contributed by atoms with Crippen LogP contribution in [0.2, 0.25) is 0 Å². The summed E-state index contributed by atoms with van der Waals surface area (Å²) in [5.74, 6) is 0.00545. The van der Waals surface area contributed by atoms with Gasteiger partial charge in [-0.25, -0.2) is 0 Å². The molecule has 0 amide bonds. The summed E-state index contributed by atoms with van der Waals surface area (Å²) in [6, 6.07) is 17.0. The van der Waals surface area contributed by atoms with E-state index in [1.54, 1.807) is 12.1 Å². The van der Waals surface area contributed by atoms with Crippen LogP contribution in [0.25, 0.3) is 33.2 Å². The van der Waals surface area contributed by atoms with Crippen molar-refractivity contribution in [1.29, 1.82) is 5.26 Å². The first-order valence-corrected chi connectivity index (χ1v) is 9.03. The van der Waals surface area contributed by atoms with Crippen molar-refractivity contribution in [3.8, 4) is 17.3 Å². The Labute approximate surface area is 168 Å². The lowest BCUT2D eigenvalue weighted by Gasteiger charge is -2.31. The topological polar surface area (TPSA) is 49.8 Å². The standard InChI is InChI=1S/C22H15B3N2O/c1-12(2)22(24,25)14-9-17(27-19(23)10-14)15-6-4-8-18-20(15)16-7-3-5-13(11-26)21(16)28-18/h3-10,12H,1-2H3. The zero-order valence-corrected chi connectivity index (χ0v) is 15.7. The molecule has 28 heavy (non-hydrogen) atoms. The van der Waals surface area contributed by atoms with Gasteiger partial charge in [-0.2, -0.15) is 5.26 Å². The quantitative estimate of drug-likeness (QED) is 0.529. The van der Waals surface area contributed by atoms with E-state index in [-0.39, 0.29) is 5.92 Å². The van der Waals surface area contributed by atoms with Crippen molar-refractivity contribution in [2.75, 3.05) is 0 Å². The third-order valence-corrected chi connectivity index (χ3v) is 5.22. The number of hydrogen-bond donors (Lipinski definition) is 0. The minimum atomic E-state index is -1.04. The summed E-state index contributed by atoms with van der Waals surface area (Å²) >= 11 is 0. The summed E-state index contributed by atoms with van der Waals surface area (Å²) in [4.78, 5) is 4.52. The molecular weight excluding hydrogens is 341 g/mol. The number of fused-ring (bicyclic) bond motifs is 3. The highest BCUT2D eigenvalue weighted by molar-refractivity contribution is 6.40. The van der Waals surface area contributed by atoms with Crippen molar-refractivity contribution < 1.29 is 4.42 Å². The van der Waals surface area contributed by atoms with Crippen LogP contribution in [0.15, 0.2) is 52.9 Å². The first-order chi connectivity index (χ1) is 13.3. The SMILES string of the molecule is [B]c1cc(C([B])([B])C(C)C)cc(-c2cccc3oc4c(C#N)cccc4c23)n1. The van der Waals surface area contributed by atoms with Crippen LogP contribution in [0.3, 0.4) is 0 Å². The second-order valence-corrected chi connectivity index (χ2v) is 7.33. The molecule has 0 spiro atoms. The largest absolute Gasteiger partial charge is 0.455 e. The van der Waals surface area contributed by atoms with E-state index in [0.29, 0.717) is 33.6 Å². The maximum absolute atomic E-state index is 9.39. The van der Waals surface area contributed by atoms with Crippen LogP contribution in [0.4, 0.5) is 0 Å². The number of aromatic nitrogens is 1. The number of rotatable bonds is 3. The number of furan rings is 1. The molecule has 4 rings (SSSR count). The smallest absolute Gasteiger partial charge is 0.153 e. The molecule has 0 aliphatic carbocycles. The van der Waals surface area contributed by atoms with E-state index >= 15 is 0 Å². The van der Waals surface area contributed by atoms with Crippen LogP contribution in [0.1, 0.15) is 25.0 Å². The molecule has 128 valence electrons. The molecule has 0 saturated heterocycles. The summed E-state index contributed by atoms with van der Waals surface area (Å²) in [5, 5.41) is 10.1. The molecule has 0 saturated carbocycles. The molecule has 0 unspecified atom stereocenters. The van der Waals surface area contributed by atoms with Crippen LogP contribution < -0.4 is 5.59 Å². The van der Waals surface area contributed by atoms with Crippen molar-refractivity contribution in [2.24, 2.45) is 5.92 Å². The maximum atomic E-state index is 9.39. The molecule has 4 aromatic rings. The number of nitriles is 1. The average Bonchev–Trinajstić information content (AvgIpc) is 3.06. The molecule has 0 fully saturated rings. The monoisotopic (exact) mass is 356 g/mol. The van der Waals surface area contributed by atoms with E-state index in [9.17, 15) is 5.26 Å². The van der Waals surface area contributed by atoms with E-state index < -0.39 is 5.21 Å². The fraction of sp³-hybridized carbons (Fsp3) is 0.182. The van der Waals surface area contributed by atoms with Gasteiger partial charge < -0.3 is 4.42 Å². The van der Waals surface area contributed by atoms with Gasteiger partial charge in [-0.05, 0) is 29.9 Å². The average molecular weight is 356 g/mol. The Kier molecular flexibility index (Phi) is 4.35. The van der Waals surface area contributed by atoms with E-state index in [4.69, 9.17) is 28.0 Å². The zero-order chi connectivity index (χ0) is 20.1. The molecule has 2 aromatic carbocycles. The van der Waals surface area contributed by atoms with E-state index in [0.717, 1.165) is 16.3 Å². The Hall–Kier alpha value is -2.93. The van der Waals surface area contributed by atoms with Gasteiger partial charge in [0.1, 0.15) is 19.5 Å². The van der Waals surface area contributed by atoms with E-state index in [2.05, 4.69) is 11.1 Å². The summed E-state index contributed by atoms with van der Waals surface area (Å²) < 4.78 is 5.97. The molecular formula is C22H15B3N2O. The minimum absolute atomic E-state index is 0.00545. The highest BCUT2D eigenvalue weighted by atomic mass is 16.3. The van der Waals surface area contributed by atoms with Gasteiger partial charge in [-0.3, -0.25) is 4.98 Å².